The van der Waals surface area contributed by atoms with Crippen molar-refractivity contribution in [3.63, 3.8) is 0 Å². The lowest BCUT2D eigenvalue weighted by atomic mass is 10.0. The Labute approximate surface area is 104 Å². The molecule has 0 amide bonds. The van der Waals surface area contributed by atoms with Crippen LogP contribution in [0.15, 0.2) is 48.5 Å². The predicted octanol–water partition coefficient (Wildman–Crippen LogP) is 4.40. The van der Waals surface area contributed by atoms with Gasteiger partial charge in [0.05, 0.1) is 0 Å². The number of hydrogen-bond donors (Lipinski definition) is 0. The summed E-state index contributed by atoms with van der Waals surface area (Å²) in [5.74, 6) is 0. The minimum absolute atomic E-state index is 1.04. The first-order valence-electron chi connectivity index (χ1n) is 6.47. The highest BCUT2D eigenvalue weighted by Crippen LogP contribution is 2.12. The summed E-state index contributed by atoms with van der Waals surface area (Å²) >= 11 is 0. The second kappa shape index (κ2) is 5.67. The monoisotopic (exact) mass is 224 g/mol. The molecule has 0 aliphatic carbocycles. The van der Waals surface area contributed by atoms with Crippen LogP contribution in [0.1, 0.15) is 36.1 Å². The first-order chi connectivity index (χ1) is 8.31. The normalized spacial score (nSPS) is 10.5. The van der Waals surface area contributed by atoms with Crippen molar-refractivity contribution in [2.75, 3.05) is 0 Å². The van der Waals surface area contributed by atoms with Gasteiger partial charge in [0.1, 0.15) is 0 Å². The van der Waals surface area contributed by atoms with E-state index in [2.05, 4.69) is 62.4 Å². The van der Waals surface area contributed by atoms with E-state index in [1.165, 1.54) is 22.3 Å². The van der Waals surface area contributed by atoms with Crippen LogP contribution in [0.5, 0.6) is 0 Å². The number of rotatable bonds is 4. The summed E-state index contributed by atoms with van der Waals surface area (Å²) in [5, 5.41) is 0. The minimum Gasteiger partial charge on any atom is -0.0613 e. The Hall–Kier alpha value is -1.56. The molecule has 0 radical (unpaired) electrons. The van der Waals surface area contributed by atoms with Gasteiger partial charge in [-0.2, -0.15) is 0 Å². The molecule has 0 aromatic heterocycles. The molecule has 88 valence electrons. The Bertz CT molecular complexity index is 403. The van der Waals surface area contributed by atoms with Crippen LogP contribution in [0.25, 0.3) is 0 Å². The number of hydrogen-bond acceptors (Lipinski definition) is 0. The molecule has 2 aromatic rings. The minimum atomic E-state index is 1.04. The average molecular weight is 224 g/mol. The molecule has 0 atom stereocenters. The van der Waals surface area contributed by atoms with Gasteiger partial charge in [-0.15, -0.1) is 0 Å². The zero-order chi connectivity index (χ0) is 12.1. The van der Waals surface area contributed by atoms with Crippen LogP contribution < -0.4 is 0 Å². The predicted molar refractivity (Wildman–Crippen MR) is 74.4 cm³/mol. The van der Waals surface area contributed by atoms with Crippen LogP contribution >= 0.6 is 0 Å². The van der Waals surface area contributed by atoms with Gasteiger partial charge in [0, 0.05) is 0 Å². The van der Waals surface area contributed by atoms with Gasteiger partial charge in [0.25, 0.3) is 0 Å². The third-order valence-corrected chi connectivity index (χ3v) is 3.27. The molecule has 0 aliphatic heterocycles. The van der Waals surface area contributed by atoms with Gasteiger partial charge >= 0.3 is 0 Å². The van der Waals surface area contributed by atoms with Gasteiger partial charge in [0.2, 0.25) is 0 Å². The molecule has 2 rings (SSSR count). The fourth-order valence-electron chi connectivity index (χ4n) is 2.02. The summed E-state index contributed by atoms with van der Waals surface area (Å²) in [4.78, 5) is 0. The zero-order valence-corrected chi connectivity index (χ0v) is 10.7. The molecular weight excluding hydrogens is 204 g/mol. The van der Waals surface area contributed by atoms with Crippen molar-refractivity contribution in [1.82, 2.24) is 0 Å². The molecule has 0 spiro atoms. The van der Waals surface area contributed by atoms with Gasteiger partial charge in [-0.3, -0.25) is 0 Å². The molecule has 0 heterocycles. The average Bonchev–Trinajstić information content (AvgIpc) is 2.40. The van der Waals surface area contributed by atoms with E-state index in [1.54, 1.807) is 0 Å². The van der Waals surface area contributed by atoms with Crippen LogP contribution in [0.4, 0.5) is 0 Å². The highest BCUT2D eigenvalue weighted by Gasteiger charge is 1.97. The quantitative estimate of drug-likeness (QED) is 0.722. The molecule has 17 heavy (non-hydrogen) atoms. The third kappa shape index (κ3) is 3.20. The Morgan fingerprint density at radius 2 is 0.824 bits per heavy atom. The van der Waals surface area contributed by atoms with Crippen LogP contribution in [0.2, 0.25) is 0 Å². The SMILES string of the molecule is CCc1ccc(Cc2ccc(CC)cc2)cc1. The molecular formula is C17H20. The van der Waals surface area contributed by atoms with E-state index in [4.69, 9.17) is 0 Å². The van der Waals surface area contributed by atoms with E-state index in [9.17, 15) is 0 Å². The molecule has 0 N–H and O–H groups in total. The summed E-state index contributed by atoms with van der Waals surface area (Å²) in [6.07, 6.45) is 3.27. The van der Waals surface area contributed by atoms with Crippen molar-refractivity contribution in [3.05, 3.63) is 70.8 Å². The van der Waals surface area contributed by atoms with E-state index in [-0.39, 0.29) is 0 Å². The second-order valence-electron chi connectivity index (χ2n) is 4.52. The van der Waals surface area contributed by atoms with Crippen LogP contribution in [-0.4, -0.2) is 0 Å². The number of benzene rings is 2. The first kappa shape index (κ1) is 11.9. The lowest BCUT2D eigenvalue weighted by molar-refractivity contribution is 1.11. The first-order valence-corrected chi connectivity index (χ1v) is 6.47. The molecule has 0 unspecified atom stereocenters. The molecule has 0 fully saturated rings. The fraction of sp³-hybridized carbons (Fsp3) is 0.294. The highest BCUT2D eigenvalue weighted by molar-refractivity contribution is 5.30. The van der Waals surface area contributed by atoms with Crippen LogP contribution in [0.3, 0.4) is 0 Å². The molecule has 0 nitrogen and oxygen atoms in total. The second-order valence-corrected chi connectivity index (χ2v) is 4.52. The Morgan fingerprint density at radius 3 is 1.12 bits per heavy atom. The Balaban J connectivity index is 2.08. The van der Waals surface area contributed by atoms with Crippen LogP contribution in [0, 0.1) is 0 Å². The molecule has 0 heteroatoms. The summed E-state index contributed by atoms with van der Waals surface area (Å²) in [7, 11) is 0. The highest BCUT2D eigenvalue weighted by atomic mass is 14.0. The van der Waals surface area contributed by atoms with Gasteiger partial charge < -0.3 is 0 Å². The van der Waals surface area contributed by atoms with E-state index >= 15 is 0 Å². The lowest BCUT2D eigenvalue weighted by Gasteiger charge is -2.04. The van der Waals surface area contributed by atoms with Gasteiger partial charge in [0.15, 0.2) is 0 Å². The van der Waals surface area contributed by atoms with Crippen molar-refractivity contribution in [1.29, 1.82) is 0 Å². The Kier molecular flexibility index (Phi) is 3.98. The lowest BCUT2D eigenvalue weighted by Crippen LogP contribution is -1.90. The molecule has 0 bridgehead atoms. The fourth-order valence-corrected chi connectivity index (χ4v) is 2.02. The molecule has 2 aromatic carbocycles. The zero-order valence-electron chi connectivity index (χ0n) is 10.7. The van der Waals surface area contributed by atoms with Crippen molar-refractivity contribution in [2.45, 2.75) is 33.1 Å². The van der Waals surface area contributed by atoms with E-state index in [0.29, 0.717) is 0 Å². The third-order valence-electron chi connectivity index (χ3n) is 3.27. The van der Waals surface area contributed by atoms with Crippen LogP contribution in [-0.2, 0) is 19.3 Å². The summed E-state index contributed by atoms with van der Waals surface area (Å²) in [6.45, 7) is 4.39. The van der Waals surface area contributed by atoms with Gasteiger partial charge in [-0.25, -0.2) is 0 Å². The maximum Gasteiger partial charge on any atom is -0.00258 e. The van der Waals surface area contributed by atoms with Gasteiger partial charge in [-0.1, -0.05) is 62.4 Å². The van der Waals surface area contributed by atoms with Crippen molar-refractivity contribution >= 4 is 0 Å². The standard InChI is InChI=1S/C17H20/c1-3-14-5-9-16(10-6-14)13-17-11-7-15(4-2)8-12-17/h5-12H,3-4,13H2,1-2H3. The van der Waals surface area contributed by atoms with E-state index in [0.717, 1.165) is 19.3 Å². The summed E-state index contributed by atoms with van der Waals surface area (Å²) in [6, 6.07) is 17.9. The number of aryl methyl sites for hydroxylation is 2. The molecule has 0 saturated heterocycles. The maximum absolute atomic E-state index is 2.24. The van der Waals surface area contributed by atoms with E-state index < -0.39 is 0 Å². The van der Waals surface area contributed by atoms with E-state index in [1.807, 2.05) is 0 Å². The van der Waals surface area contributed by atoms with Gasteiger partial charge in [-0.05, 0) is 41.5 Å². The maximum atomic E-state index is 2.24. The summed E-state index contributed by atoms with van der Waals surface area (Å²) in [5.41, 5.74) is 5.61. The molecule has 0 aliphatic rings. The van der Waals surface area contributed by atoms with Crippen molar-refractivity contribution < 1.29 is 0 Å². The smallest absolute Gasteiger partial charge is 0.00258 e. The van der Waals surface area contributed by atoms with Crippen molar-refractivity contribution in [3.8, 4) is 0 Å². The topological polar surface area (TPSA) is 0 Å². The molecule has 0 saturated carbocycles. The largest absolute Gasteiger partial charge is 0.0613 e. The summed E-state index contributed by atoms with van der Waals surface area (Å²) < 4.78 is 0. The Morgan fingerprint density at radius 1 is 0.529 bits per heavy atom. The van der Waals surface area contributed by atoms with Crippen molar-refractivity contribution in [2.24, 2.45) is 0 Å².